The molecule has 3 unspecified atom stereocenters. The largest absolute Gasteiger partial charge is 0.462 e. The molecule has 0 aromatic heterocycles. The number of hydrogen-bond donors (Lipinski definition) is 1. The van der Waals surface area contributed by atoms with E-state index in [9.17, 15) is 105 Å². The molecular weight excluding hydrogens is 730 g/mol. The van der Waals surface area contributed by atoms with Gasteiger partial charge in [0.25, 0.3) is 22.8 Å². The Morgan fingerprint density at radius 1 is 0.523 bits per heavy atom. The number of rotatable bonds is 16. The Hall–Kier alpha value is -1.79. The van der Waals surface area contributed by atoms with Crippen LogP contribution < -0.4 is 0 Å². The molecule has 0 fully saturated rings. The second-order valence-electron chi connectivity index (χ2n) is 7.54. The van der Waals surface area contributed by atoms with Crippen molar-refractivity contribution in [1.82, 2.24) is 0 Å². The number of hydrogen-bond acceptors (Lipinski definition) is 6. The normalized spacial score (nSPS) is 17.9. The van der Waals surface area contributed by atoms with Crippen LogP contribution in [0.2, 0.25) is 0 Å². The van der Waals surface area contributed by atoms with E-state index in [0.29, 0.717) is 0 Å². The van der Waals surface area contributed by atoms with E-state index in [1.807, 2.05) is 9.47 Å². The first-order valence-electron chi connectivity index (χ1n) is 9.48. The topological polar surface area (TPSA) is 91.3 Å². The van der Waals surface area contributed by atoms with Crippen LogP contribution in [-0.4, -0.2) is 98.7 Å². The zero-order valence-corrected chi connectivity index (χ0v) is 20.1. The first-order valence-corrected chi connectivity index (χ1v) is 11.1. The van der Waals surface area contributed by atoms with Crippen molar-refractivity contribution in [1.29, 1.82) is 0 Å². The van der Waals surface area contributed by atoms with E-state index in [2.05, 4.69) is 9.47 Å². The number of halogens is 22. The monoisotopic (exact) mass is 738 g/mol. The zero-order valence-electron chi connectivity index (χ0n) is 19.3. The highest BCUT2D eigenvalue weighted by Gasteiger charge is 2.83. The average molecular weight is 738 g/mol. The molecule has 30 heteroatoms. The van der Waals surface area contributed by atoms with Crippen LogP contribution in [0.4, 0.5) is 96.6 Å². The van der Waals surface area contributed by atoms with Gasteiger partial charge in [-0.1, -0.05) is 0 Å². The predicted octanol–water partition coefficient (Wildman–Crippen LogP) is 6.30. The number of ether oxygens (including phenoxy) is 4. The van der Waals surface area contributed by atoms with Gasteiger partial charge in [-0.3, -0.25) is 14.0 Å². The quantitative estimate of drug-likeness (QED) is 0.147. The van der Waals surface area contributed by atoms with Gasteiger partial charge < -0.3 is 9.47 Å². The van der Waals surface area contributed by atoms with Crippen molar-refractivity contribution in [3.05, 3.63) is 0 Å². The molecule has 0 aromatic rings. The molecular formula is C14H8F22O7S. The summed E-state index contributed by atoms with van der Waals surface area (Å²) in [6.45, 7) is -2.96. The van der Waals surface area contributed by atoms with Crippen molar-refractivity contribution in [2.75, 3.05) is 12.4 Å². The van der Waals surface area contributed by atoms with E-state index in [1.165, 1.54) is 0 Å². The lowest BCUT2D eigenvalue weighted by atomic mass is 10.1. The Morgan fingerprint density at radius 3 is 1.20 bits per heavy atom. The lowest BCUT2D eigenvalue weighted by Gasteiger charge is -2.34. The van der Waals surface area contributed by atoms with Gasteiger partial charge in [0.1, 0.15) is 11.9 Å². The molecule has 0 saturated carbocycles. The van der Waals surface area contributed by atoms with Crippen LogP contribution in [0.3, 0.4) is 0 Å². The minimum absolute atomic E-state index is 1.85. The molecule has 0 saturated heterocycles. The zero-order chi connectivity index (χ0) is 36.0. The van der Waals surface area contributed by atoms with Gasteiger partial charge in [-0.2, -0.15) is 96.2 Å². The fourth-order valence-electron chi connectivity index (χ4n) is 1.97. The first-order chi connectivity index (χ1) is 18.8. The third-order valence-corrected chi connectivity index (χ3v) is 4.84. The summed E-state index contributed by atoms with van der Waals surface area (Å²) in [6.07, 6.45) is -57.7. The predicted molar refractivity (Wildman–Crippen MR) is 85.9 cm³/mol. The molecule has 0 aliphatic carbocycles. The molecule has 3 atom stereocenters. The molecule has 0 spiro atoms. The molecule has 0 radical (unpaired) electrons. The van der Waals surface area contributed by atoms with Gasteiger partial charge in [-0.25, -0.2) is 8.78 Å². The standard InChI is InChI=1S/C14H8F22O7S/c15-4(42-13(33,34)9(23,24)8(21,22)11(27,28)29)6(17,18)40-1-3(2-44(37,38)39)41-7(19,20)5(16)43-14(35,36)10(25,26)12(30,31)32/h3-5H,1-2H2,(H,37,38,39). The van der Waals surface area contributed by atoms with E-state index in [-0.39, 0.29) is 0 Å². The Balaban J connectivity index is 6.00. The lowest BCUT2D eigenvalue weighted by molar-refractivity contribution is -0.477. The van der Waals surface area contributed by atoms with E-state index >= 15 is 0 Å². The van der Waals surface area contributed by atoms with Gasteiger partial charge in [-0.15, -0.1) is 0 Å². The summed E-state index contributed by atoms with van der Waals surface area (Å²) in [6, 6.07) is 0. The fourth-order valence-corrected chi connectivity index (χ4v) is 2.60. The van der Waals surface area contributed by atoms with Gasteiger partial charge in [0, 0.05) is 0 Å². The first kappa shape index (κ1) is 42.2. The van der Waals surface area contributed by atoms with Crippen LogP contribution >= 0.6 is 0 Å². The van der Waals surface area contributed by atoms with E-state index in [4.69, 9.17) is 4.55 Å². The second-order valence-corrected chi connectivity index (χ2v) is 9.04. The van der Waals surface area contributed by atoms with Crippen LogP contribution in [0.1, 0.15) is 0 Å². The maximum atomic E-state index is 13.7. The molecule has 0 heterocycles. The maximum Gasteiger partial charge on any atom is 0.462 e. The minimum Gasteiger partial charge on any atom is -0.313 e. The summed E-state index contributed by atoms with van der Waals surface area (Å²) in [4.78, 5) is 0. The maximum absolute atomic E-state index is 13.7. The third-order valence-electron chi connectivity index (χ3n) is 4.05. The Labute approximate surface area is 225 Å². The lowest BCUT2D eigenvalue weighted by Crippen LogP contribution is -2.63. The van der Waals surface area contributed by atoms with Gasteiger partial charge in [0.05, 0.1) is 6.61 Å². The van der Waals surface area contributed by atoms with E-state index < -0.39 is 95.9 Å². The minimum atomic E-state index is -7.90. The molecule has 0 aliphatic heterocycles. The Morgan fingerprint density at radius 2 is 0.864 bits per heavy atom. The van der Waals surface area contributed by atoms with Gasteiger partial charge in [0.15, 0.2) is 0 Å². The van der Waals surface area contributed by atoms with Gasteiger partial charge >= 0.3 is 54.6 Å². The van der Waals surface area contributed by atoms with Crippen LogP contribution in [0.5, 0.6) is 0 Å². The molecule has 0 rings (SSSR count). The fraction of sp³-hybridized carbons (Fsp3) is 1.00. The third kappa shape index (κ3) is 9.37. The van der Waals surface area contributed by atoms with Crippen molar-refractivity contribution < 1.29 is 129 Å². The average Bonchev–Trinajstić information content (AvgIpc) is 2.73. The van der Waals surface area contributed by atoms with Crippen LogP contribution in [0.15, 0.2) is 0 Å². The van der Waals surface area contributed by atoms with Crippen molar-refractivity contribution in [3.8, 4) is 0 Å². The van der Waals surface area contributed by atoms with Crippen LogP contribution in [-0.2, 0) is 29.1 Å². The second kappa shape index (κ2) is 12.4. The van der Waals surface area contributed by atoms with E-state index in [0.717, 1.165) is 0 Å². The summed E-state index contributed by atoms with van der Waals surface area (Å²) in [5, 5.41) is 0. The molecule has 0 amide bonds. The van der Waals surface area contributed by atoms with Crippen molar-refractivity contribution in [2.24, 2.45) is 0 Å². The smallest absolute Gasteiger partial charge is 0.313 e. The molecule has 1 N–H and O–H groups in total. The van der Waals surface area contributed by atoms with Crippen LogP contribution in [0.25, 0.3) is 0 Å². The molecule has 0 bridgehead atoms. The highest BCUT2D eigenvalue weighted by Crippen LogP contribution is 2.54. The van der Waals surface area contributed by atoms with Crippen molar-refractivity contribution in [3.63, 3.8) is 0 Å². The molecule has 266 valence electrons. The highest BCUT2D eigenvalue weighted by molar-refractivity contribution is 7.85. The number of alkyl halides is 22. The van der Waals surface area contributed by atoms with Crippen molar-refractivity contribution in [2.45, 2.75) is 73.4 Å². The Bertz CT molecular complexity index is 1070. The SMILES string of the molecule is O=S(=O)(O)CC(COC(F)(F)C(F)OC(F)(F)C(F)(F)C(F)(F)C(F)(F)F)OC(F)(F)C(F)OC(F)(F)C(F)(F)C(F)(F)F. The molecule has 0 aromatic carbocycles. The van der Waals surface area contributed by atoms with Gasteiger partial charge in [-0.05, 0) is 0 Å². The highest BCUT2D eigenvalue weighted by atomic mass is 32.2. The summed E-state index contributed by atoms with van der Waals surface area (Å²) in [7, 11) is -5.96. The molecule has 44 heavy (non-hydrogen) atoms. The van der Waals surface area contributed by atoms with E-state index in [1.54, 1.807) is 0 Å². The summed E-state index contributed by atoms with van der Waals surface area (Å²) in [5.74, 6) is -25.9. The summed E-state index contributed by atoms with van der Waals surface area (Å²) in [5.41, 5.74) is 0. The van der Waals surface area contributed by atoms with Crippen LogP contribution in [0, 0.1) is 0 Å². The molecule has 7 nitrogen and oxygen atoms in total. The summed E-state index contributed by atoms with van der Waals surface area (Å²) >= 11 is 0. The van der Waals surface area contributed by atoms with Gasteiger partial charge in [0.2, 0.25) is 0 Å². The summed E-state index contributed by atoms with van der Waals surface area (Å²) < 4.78 is 322. The Kier molecular flexibility index (Phi) is 11.9. The molecule has 0 aliphatic rings. The van der Waals surface area contributed by atoms with Crippen molar-refractivity contribution >= 4 is 10.1 Å².